The summed E-state index contributed by atoms with van der Waals surface area (Å²) in [6, 6.07) is 19.9. The van der Waals surface area contributed by atoms with E-state index in [9.17, 15) is 4.79 Å². The second kappa shape index (κ2) is 7.42. The van der Waals surface area contributed by atoms with Crippen LogP contribution in [0.2, 0.25) is 0 Å². The van der Waals surface area contributed by atoms with E-state index in [1.165, 1.54) is 0 Å². The Kier molecular flexibility index (Phi) is 4.87. The zero-order valence-corrected chi connectivity index (χ0v) is 13.4. The maximum absolute atomic E-state index is 12.2. The van der Waals surface area contributed by atoms with E-state index in [1.54, 1.807) is 13.1 Å². The molecule has 0 aliphatic rings. The summed E-state index contributed by atoms with van der Waals surface area (Å²) < 4.78 is 5.13. The lowest BCUT2D eigenvalue weighted by molar-refractivity contribution is 0.0519. The van der Waals surface area contributed by atoms with Gasteiger partial charge >= 0.3 is 5.97 Å². The van der Waals surface area contributed by atoms with Crippen LogP contribution in [0.4, 0.5) is 0 Å². The third-order valence-electron chi connectivity index (χ3n) is 3.60. The normalized spacial score (nSPS) is 11.3. The van der Waals surface area contributed by atoms with Gasteiger partial charge in [-0.2, -0.15) is 5.10 Å². The molecule has 1 heterocycles. The average molecular weight is 318 g/mol. The predicted molar refractivity (Wildman–Crippen MR) is 94.4 cm³/mol. The van der Waals surface area contributed by atoms with E-state index in [4.69, 9.17) is 4.74 Å². The molecule has 0 amide bonds. The number of benzene rings is 2. The van der Waals surface area contributed by atoms with E-state index in [0.29, 0.717) is 12.3 Å². The van der Waals surface area contributed by atoms with Gasteiger partial charge in [0.15, 0.2) is 5.69 Å². The quantitative estimate of drug-likeness (QED) is 0.567. The fraction of sp³-hybridized carbons (Fsp3) is 0.100. The molecule has 120 valence electrons. The summed E-state index contributed by atoms with van der Waals surface area (Å²) in [5.74, 6) is -0.403. The van der Waals surface area contributed by atoms with Crippen LogP contribution in [0.5, 0.6) is 0 Å². The van der Waals surface area contributed by atoms with Gasteiger partial charge in [0.1, 0.15) is 0 Å². The molecule has 0 bridgehead atoms. The molecule has 1 aromatic heterocycles. The molecule has 0 aliphatic heterocycles. The van der Waals surface area contributed by atoms with E-state index < -0.39 is 5.97 Å². The van der Waals surface area contributed by atoms with Crippen LogP contribution in [0.1, 0.15) is 34.1 Å². The Morgan fingerprint density at radius 1 is 1.08 bits per heavy atom. The number of aromatic amines is 1. The van der Waals surface area contributed by atoms with E-state index >= 15 is 0 Å². The molecule has 0 aliphatic carbocycles. The second-order valence-corrected chi connectivity index (χ2v) is 5.21. The zero-order valence-electron chi connectivity index (χ0n) is 13.4. The Morgan fingerprint density at radius 3 is 2.42 bits per heavy atom. The van der Waals surface area contributed by atoms with Crippen molar-refractivity contribution >= 4 is 17.6 Å². The molecule has 0 spiro atoms. The number of nitrogens with zero attached hydrogens (tertiary/aromatic N) is 1. The van der Waals surface area contributed by atoms with Crippen molar-refractivity contribution in [3.05, 3.63) is 89.2 Å². The topological polar surface area (TPSA) is 55.0 Å². The van der Waals surface area contributed by atoms with Gasteiger partial charge in [0, 0.05) is 5.56 Å². The first kappa shape index (κ1) is 15.7. The molecule has 1 N–H and O–H groups in total. The number of aromatic nitrogens is 2. The number of esters is 1. The number of carbonyl (C=O) groups is 1. The summed E-state index contributed by atoms with van der Waals surface area (Å²) in [4.78, 5) is 12.2. The van der Waals surface area contributed by atoms with Crippen LogP contribution in [0, 0.1) is 0 Å². The zero-order chi connectivity index (χ0) is 16.8. The largest absolute Gasteiger partial charge is 0.461 e. The second-order valence-electron chi connectivity index (χ2n) is 5.21. The molecule has 4 heteroatoms. The molecule has 0 saturated carbocycles. The van der Waals surface area contributed by atoms with Crippen LogP contribution < -0.4 is 0 Å². The summed E-state index contributed by atoms with van der Waals surface area (Å²) in [5, 5.41) is 6.81. The average Bonchev–Trinajstić information content (AvgIpc) is 3.11. The minimum atomic E-state index is -0.403. The third-order valence-corrected chi connectivity index (χ3v) is 3.60. The molecule has 24 heavy (non-hydrogen) atoms. The van der Waals surface area contributed by atoms with Gasteiger partial charge in [-0.15, -0.1) is 0 Å². The van der Waals surface area contributed by atoms with E-state index in [2.05, 4.69) is 10.2 Å². The molecule has 3 aromatic rings. The fourth-order valence-corrected chi connectivity index (χ4v) is 2.50. The lowest BCUT2D eigenvalue weighted by Crippen LogP contribution is -2.08. The lowest BCUT2D eigenvalue weighted by Gasteiger charge is -2.09. The van der Waals surface area contributed by atoms with Crippen LogP contribution in [0.3, 0.4) is 0 Å². The molecular formula is C20H18N2O2. The Hall–Kier alpha value is -3.14. The van der Waals surface area contributed by atoms with Gasteiger partial charge in [0.25, 0.3) is 0 Å². The molecule has 0 radical (unpaired) electrons. The standard InChI is InChI=1S/C20H18N2O2/c1-2-24-20(23)19-18(14-21-22-19)17(16-11-7-4-8-12-16)13-15-9-5-3-6-10-15/h3-14H,2H2,1H3,(H,21,22). The van der Waals surface area contributed by atoms with E-state index in [0.717, 1.165) is 22.3 Å². The Morgan fingerprint density at radius 2 is 1.75 bits per heavy atom. The molecule has 0 atom stereocenters. The Balaban J connectivity index is 2.12. The molecule has 3 rings (SSSR count). The van der Waals surface area contributed by atoms with Gasteiger partial charge in [-0.3, -0.25) is 5.10 Å². The summed E-state index contributed by atoms with van der Waals surface area (Å²) in [6.07, 6.45) is 3.71. The number of hydrogen-bond acceptors (Lipinski definition) is 3. The summed E-state index contributed by atoms with van der Waals surface area (Å²) >= 11 is 0. The maximum atomic E-state index is 12.2. The number of nitrogens with one attached hydrogen (secondary N) is 1. The molecule has 4 nitrogen and oxygen atoms in total. The first-order valence-electron chi connectivity index (χ1n) is 7.82. The van der Waals surface area contributed by atoms with E-state index in [-0.39, 0.29) is 0 Å². The highest BCUT2D eigenvalue weighted by atomic mass is 16.5. The number of hydrogen-bond donors (Lipinski definition) is 1. The van der Waals surface area contributed by atoms with Gasteiger partial charge in [0.2, 0.25) is 0 Å². The van der Waals surface area contributed by atoms with Crippen LogP contribution in [-0.4, -0.2) is 22.8 Å². The number of H-pyrrole nitrogens is 1. The van der Waals surface area contributed by atoms with E-state index in [1.807, 2.05) is 66.7 Å². The van der Waals surface area contributed by atoms with Gasteiger partial charge in [-0.05, 0) is 29.7 Å². The maximum Gasteiger partial charge on any atom is 0.356 e. The Bertz CT molecular complexity index is 836. The number of carbonyl (C=O) groups excluding carboxylic acids is 1. The summed E-state index contributed by atoms with van der Waals surface area (Å²) in [7, 11) is 0. The minimum Gasteiger partial charge on any atom is -0.461 e. The summed E-state index contributed by atoms with van der Waals surface area (Å²) in [6.45, 7) is 2.10. The monoisotopic (exact) mass is 318 g/mol. The lowest BCUT2D eigenvalue weighted by atomic mass is 9.96. The van der Waals surface area contributed by atoms with Gasteiger partial charge < -0.3 is 4.74 Å². The highest BCUT2D eigenvalue weighted by molar-refractivity contribution is 6.00. The first-order chi connectivity index (χ1) is 11.8. The van der Waals surface area contributed by atoms with Crippen molar-refractivity contribution in [2.45, 2.75) is 6.92 Å². The van der Waals surface area contributed by atoms with Crippen molar-refractivity contribution in [3.8, 4) is 0 Å². The van der Waals surface area contributed by atoms with Crippen LogP contribution in [0.25, 0.3) is 11.6 Å². The smallest absolute Gasteiger partial charge is 0.356 e. The molecule has 0 fully saturated rings. The summed E-state index contributed by atoms with van der Waals surface area (Å²) in [5.41, 5.74) is 4.06. The molecule has 0 unspecified atom stereocenters. The van der Waals surface area contributed by atoms with Gasteiger partial charge in [0.05, 0.1) is 12.8 Å². The first-order valence-corrected chi connectivity index (χ1v) is 7.82. The molecule has 0 saturated heterocycles. The van der Waals surface area contributed by atoms with Crippen LogP contribution in [0.15, 0.2) is 66.9 Å². The predicted octanol–water partition coefficient (Wildman–Crippen LogP) is 4.18. The van der Waals surface area contributed by atoms with Crippen molar-refractivity contribution in [1.29, 1.82) is 0 Å². The van der Waals surface area contributed by atoms with Crippen molar-refractivity contribution in [2.24, 2.45) is 0 Å². The van der Waals surface area contributed by atoms with Crippen LogP contribution >= 0.6 is 0 Å². The van der Waals surface area contributed by atoms with Crippen molar-refractivity contribution in [1.82, 2.24) is 10.2 Å². The van der Waals surface area contributed by atoms with Gasteiger partial charge in [-0.25, -0.2) is 4.79 Å². The molecular weight excluding hydrogens is 300 g/mol. The number of ether oxygens (including phenoxy) is 1. The Labute approximate surface area is 140 Å². The van der Waals surface area contributed by atoms with Crippen molar-refractivity contribution in [3.63, 3.8) is 0 Å². The SMILES string of the molecule is CCOC(=O)c1[nH]ncc1C(=Cc1ccccc1)c1ccccc1. The van der Waals surface area contributed by atoms with Gasteiger partial charge in [-0.1, -0.05) is 60.7 Å². The van der Waals surface area contributed by atoms with Crippen molar-refractivity contribution < 1.29 is 9.53 Å². The highest BCUT2D eigenvalue weighted by Gasteiger charge is 2.19. The van der Waals surface area contributed by atoms with Crippen molar-refractivity contribution in [2.75, 3.05) is 6.61 Å². The fourth-order valence-electron chi connectivity index (χ4n) is 2.50. The number of rotatable bonds is 5. The van der Waals surface area contributed by atoms with Crippen LogP contribution in [-0.2, 0) is 4.74 Å². The molecule has 2 aromatic carbocycles. The minimum absolute atomic E-state index is 0.320. The highest BCUT2D eigenvalue weighted by Crippen LogP contribution is 2.28. The third kappa shape index (κ3) is 3.43.